The number of sulfonamides is 1. The summed E-state index contributed by atoms with van der Waals surface area (Å²) in [5.41, 5.74) is 0. The largest absolute Gasteiger partial charge is 0.497 e. The van der Waals surface area contributed by atoms with E-state index in [1.165, 1.54) is 6.07 Å². The van der Waals surface area contributed by atoms with Gasteiger partial charge in [-0.3, -0.25) is 4.79 Å². The molecular weight excluding hydrogens is 380 g/mol. The van der Waals surface area contributed by atoms with Crippen molar-refractivity contribution in [2.24, 2.45) is 5.92 Å². The Morgan fingerprint density at radius 3 is 2.21 bits per heavy atom. The molecule has 0 fully saturated rings. The molecule has 0 heterocycles. The quantitative estimate of drug-likeness (QED) is 0.686. The van der Waals surface area contributed by atoms with Crippen LogP contribution in [0.5, 0.6) is 5.75 Å². The number of nitrogens with zero attached hydrogens (tertiary/aromatic N) is 2. The first-order valence-corrected chi connectivity index (χ1v) is 10.5. The third-order valence-electron chi connectivity index (χ3n) is 4.59. The molecule has 7 nitrogen and oxygen atoms in total. The van der Waals surface area contributed by atoms with Crippen LogP contribution in [-0.4, -0.2) is 69.0 Å². The molecule has 0 unspecified atom stereocenters. The second-order valence-electron chi connectivity index (χ2n) is 7.32. The predicted molar refractivity (Wildman–Crippen MR) is 109 cm³/mol. The smallest absolute Gasteiger partial charge is 0.322 e. The minimum atomic E-state index is -4.00. The first kappa shape index (κ1) is 22.1. The second kappa shape index (κ2) is 8.89. The first-order chi connectivity index (χ1) is 13.1. The van der Waals surface area contributed by atoms with E-state index in [1.807, 2.05) is 25.1 Å². The highest BCUT2D eigenvalue weighted by Gasteiger charge is 2.37. The summed E-state index contributed by atoms with van der Waals surface area (Å²) in [7, 11) is 1.21. The fourth-order valence-corrected chi connectivity index (χ4v) is 4.81. The number of benzene rings is 2. The van der Waals surface area contributed by atoms with E-state index in [1.54, 1.807) is 45.2 Å². The monoisotopic (exact) mass is 408 g/mol. The maximum absolute atomic E-state index is 13.4. The molecule has 28 heavy (non-hydrogen) atoms. The third-order valence-corrected chi connectivity index (χ3v) is 6.46. The maximum Gasteiger partial charge on any atom is 0.322 e. The van der Waals surface area contributed by atoms with E-state index in [4.69, 9.17) is 4.74 Å². The average Bonchev–Trinajstić information content (AvgIpc) is 2.62. The molecule has 2 aromatic rings. The molecule has 1 N–H and O–H groups in total. The van der Waals surface area contributed by atoms with Gasteiger partial charge < -0.3 is 14.7 Å². The van der Waals surface area contributed by atoms with E-state index >= 15 is 0 Å². The fourth-order valence-electron chi connectivity index (χ4n) is 3.07. The summed E-state index contributed by atoms with van der Waals surface area (Å²) in [4.78, 5) is 13.8. The minimum absolute atomic E-state index is 0.0795. The van der Waals surface area contributed by atoms with Crippen LogP contribution >= 0.6 is 0 Å². The van der Waals surface area contributed by atoms with Crippen molar-refractivity contribution in [1.82, 2.24) is 9.21 Å². The van der Waals surface area contributed by atoms with Crippen LogP contribution in [0.25, 0.3) is 10.8 Å². The molecule has 8 heteroatoms. The van der Waals surface area contributed by atoms with E-state index in [-0.39, 0.29) is 17.4 Å². The van der Waals surface area contributed by atoms with Crippen molar-refractivity contribution in [2.45, 2.75) is 24.8 Å². The standard InChI is InChI=1S/C20H28N2O5S/c1-14(2)19(20(23)24)22(11-10-21(3)4)28(25,26)18-9-7-15-12-17(27-5)8-6-16(15)13-18/h6-9,12-14,19H,10-11H2,1-5H3,(H,23,24)/t19-/m1/s1. The molecule has 0 amide bonds. The van der Waals surface area contributed by atoms with E-state index < -0.39 is 22.0 Å². The van der Waals surface area contributed by atoms with Crippen molar-refractivity contribution in [3.63, 3.8) is 0 Å². The van der Waals surface area contributed by atoms with Gasteiger partial charge in [0.15, 0.2) is 0 Å². The number of carboxylic acids is 1. The first-order valence-electron chi connectivity index (χ1n) is 9.05. The predicted octanol–water partition coefficient (Wildman–Crippen LogP) is 2.51. The molecule has 0 saturated carbocycles. The number of methoxy groups -OCH3 is 1. The van der Waals surface area contributed by atoms with Gasteiger partial charge in [-0.2, -0.15) is 4.31 Å². The summed E-state index contributed by atoms with van der Waals surface area (Å²) >= 11 is 0. The van der Waals surface area contributed by atoms with Gasteiger partial charge in [0.25, 0.3) is 0 Å². The molecule has 1 atom stereocenters. The van der Waals surface area contributed by atoms with Crippen LogP contribution in [0.2, 0.25) is 0 Å². The lowest BCUT2D eigenvalue weighted by Gasteiger charge is -2.31. The molecule has 0 aliphatic heterocycles. The summed E-state index contributed by atoms with van der Waals surface area (Å²) in [6.45, 7) is 3.93. The van der Waals surface area contributed by atoms with Crippen molar-refractivity contribution in [3.05, 3.63) is 36.4 Å². The number of hydrogen-bond donors (Lipinski definition) is 1. The van der Waals surface area contributed by atoms with Crippen LogP contribution in [0, 0.1) is 5.92 Å². The zero-order valence-corrected chi connectivity index (χ0v) is 17.7. The Labute approximate surface area is 166 Å². The van der Waals surface area contributed by atoms with E-state index in [0.29, 0.717) is 12.3 Å². The lowest BCUT2D eigenvalue weighted by molar-refractivity contribution is -0.143. The number of hydrogen-bond acceptors (Lipinski definition) is 5. The summed E-state index contributed by atoms with van der Waals surface area (Å²) in [5.74, 6) is -0.844. The van der Waals surface area contributed by atoms with Crippen molar-refractivity contribution < 1.29 is 23.1 Å². The Hall–Kier alpha value is -2.16. The summed E-state index contributed by atoms with van der Waals surface area (Å²) < 4.78 is 33.1. The maximum atomic E-state index is 13.4. The highest BCUT2D eigenvalue weighted by atomic mass is 32.2. The van der Waals surface area contributed by atoms with E-state index in [2.05, 4.69) is 0 Å². The highest BCUT2D eigenvalue weighted by molar-refractivity contribution is 7.89. The second-order valence-corrected chi connectivity index (χ2v) is 9.21. The SMILES string of the molecule is COc1ccc2cc(S(=O)(=O)N(CCN(C)C)[C@@H](C(=O)O)C(C)C)ccc2c1. The van der Waals surface area contributed by atoms with Crippen molar-refractivity contribution >= 4 is 26.8 Å². The van der Waals surface area contributed by atoms with Crippen molar-refractivity contribution in [2.75, 3.05) is 34.3 Å². The molecule has 0 aliphatic carbocycles. The molecule has 0 radical (unpaired) electrons. The Bertz CT molecular complexity index is 941. The fraction of sp³-hybridized carbons (Fsp3) is 0.450. The molecule has 0 saturated heterocycles. The van der Waals surface area contributed by atoms with Crippen LogP contribution in [0.1, 0.15) is 13.8 Å². The topological polar surface area (TPSA) is 87.2 Å². The number of fused-ring (bicyclic) bond motifs is 1. The Kier molecular flexibility index (Phi) is 7.03. The Balaban J connectivity index is 2.53. The summed E-state index contributed by atoms with van der Waals surface area (Å²) in [6.07, 6.45) is 0. The zero-order valence-electron chi connectivity index (χ0n) is 16.9. The van der Waals surface area contributed by atoms with Gasteiger partial charge >= 0.3 is 5.97 Å². The van der Waals surface area contributed by atoms with Crippen LogP contribution in [0.15, 0.2) is 41.3 Å². The lowest BCUT2D eigenvalue weighted by atomic mass is 10.1. The zero-order chi connectivity index (χ0) is 21.1. The lowest BCUT2D eigenvalue weighted by Crippen LogP contribution is -2.50. The number of aliphatic carboxylic acids is 1. The van der Waals surface area contributed by atoms with Gasteiger partial charge in [-0.25, -0.2) is 8.42 Å². The molecule has 0 spiro atoms. The number of carboxylic acid groups (broad SMARTS) is 1. The van der Waals surface area contributed by atoms with Gasteiger partial charge in [-0.15, -0.1) is 0 Å². The molecule has 2 rings (SSSR count). The van der Waals surface area contributed by atoms with Gasteiger partial charge in [0.05, 0.1) is 12.0 Å². The Morgan fingerprint density at radius 2 is 1.68 bits per heavy atom. The van der Waals surface area contributed by atoms with Crippen LogP contribution < -0.4 is 4.74 Å². The number of rotatable bonds is 9. The molecular formula is C20H28N2O5S. The van der Waals surface area contributed by atoms with Gasteiger partial charge in [0, 0.05) is 13.1 Å². The van der Waals surface area contributed by atoms with Gasteiger partial charge in [-0.05, 0) is 55.1 Å². The van der Waals surface area contributed by atoms with Crippen molar-refractivity contribution in [3.8, 4) is 5.75 Å². The minimum Gasteiger partial charge on any atom is -0.497 e. The molecule has 0 aliphatic rings. The van der Waals surface area contributed by atoms with Gasteiger partial charge in [-0.1, -0.05) is 26.0 Å². The van der Waals surface area contributed by atoms with Gasteiger partial charge in [0.1, 0.15) is 11.8 Å². The van der Waals surface area contributed by atoms with Crippen LogP contribution in [0.3, 0.4) is 0 Å². The van der Waals surface area contributed by atoms with E-state index in [9.17, 15) is 18.3 Å². The van der Waals surface area contributed by atoms with Gasteiger partial charge in [0.2, 0.25) is 10.0 Å². The average molecular weight is 409 g/mol. The van der Waals surface area contributed by atoms with Crippen molar-refractivity contribution in [1.29, 1.82) is 0 Å². The number of carbonyl (C=O) groups is 1. The molecule has 0 aromatic heterocycles. The van der Waals surface area contributed by atoms with Crippen LogP contribution in [-0.2, 0) is 14.8 Å². The number of ether oxygens (including phenoxy) is 1. The third kappa shape index (κ3) is 4.81. The normalized spacial score (nSPS) is 13.4. The highest BCUT2D eigenvalue weighted by Crippen LogP contribution is 2.27. The van der Waals surface area contributed by atoms with Crippen LogP contribution in [0.4, 0.5) is 0 Å². The number of likely N-dealkylation sites (N-methyl/N-ethyl adjacent to an activating group) is 1. The van der Waals surface area contributed by atoms with E-state index in [0.717, 1.165) is 15.1 Å². The molecule has 154 valence electrons. The Morgan fingerprint density at radius 1 is 1.07 bits per heavy atom. The summed E-state index contributed by atoms with van der Waals surface area (Å²) in [5, 5.41) is 11.3. The molecule has 0 bridgehead atoms. The summed E-state index contributed by atoms with van der Waals surface area (Å²) in [6, 6.07) is 9.02. The molecule has 2 aromatic carbocycles.